The van der Waals surface area contributed by atoms with Gasteiger partial charge in [0.15, 0.2) is 0 Å². The molecule has 3 rings (SSSR count). The highest BCUT2D eigenvalue weighted by atomic mass is 79.9. The Morgan fingerprint density at radius 3 is 2.80 bits per heavy atom. The molecule has 0 saturated heterocycles. The van der Waals surface area contributed by atoms with Crippen molar-refractivity contribution in [1.29, 1.82) is 0 Å². The van der Waals surface area contributed by atoms with Crippen molar-refractivity contribution in [1.82, 2.24) is 5.32 Å². The third-order valence-corrected chi connectivity index (χ3v) is 4.50. The predicted octanol–water partition coefficient (Wildman–Crippen LogP) is 3.58. The number of rotatable bonds is 2. The number of halogens is 1. The zero-order chi connectivity index (χ0) is 10.3. The monoisotopic (exact) mass is 265 g/mol. The van der Waals surface area contributed by atoms with E-state index in [1.54, 1.807) is 0 Å². The van der Waals surface area contributed by atoms with Crippen molar-refractivity contribution in [3.8, 4) is 0 Å². The Morgan fingerprint density at radius 1 is 1.20 bits per heavy atom. The summed E-state index contributed by atoms with van der Waals surface area (Å²) in [7, 11) is 0. The lowest BCUT2D eigenvalue weighted by atomic mass is 9.92. The summed E-state index contributed by atoms with van der Waals surface area (Å²) in [6.45, 7) is 0. The Kier molecular flexibility index (Phi) is 2.57. The van der Waals surface area contributed by atoms with E-state index in [0.717, 1.165) is 6.04 Å². The fraction of sp³-hybridized carbons (Fsp3) is 0.538. The van der Waals surface area contributed by atoms with Crippen molar-refractivity contribution in [2.45, 2.75) is 44.2 Å². The van der Waals surface area contributed by atoms with E-state index in [1.807, 2.05) is 0 Å². The Morgan fingerprint density at radius 2 is 2.07 bits per heavy atom. The largest absolute Gasteiger partial charge is 0.307 e. The maximum Gasteiger partial charge on any atom is 0.0328 e. The maximum atomic E-state index is 3.78. The van der Waals surface area contributed by atoms with Crippen LogP contribution in [0.1, 0.15) is 42.9 Å². The van der Waals surface area contributed by atoms with E-state index >= 15 is 0 Å². The van der Waals surface area contributed by atoms with Gasteiger partial charge in [-0.05, 0) is 42.9 Å². The van der Waals surface area contributed by atoms with Gasteiger partial charge < -0.3 is 5.32 Å². The summed E-state index contributed by atoms with van der Waals surface area (Å²) in [5, 5.41) is 3.78. The Hall–Kier alpha value is -0.340. The Labute approximate surface area is 99.4 Å². The second kappa shape index (κ2) is 3.91. The standard InChI is InChI=1S/C13H16BrN/c14-12-6-2-5-11-10(12)7-8-13(11)15-9-3-1-4-9/h2,5-6,9,13,15H,1,3-4,7-8H2. The summed E-state index contributed by atoms with van der Waals surface area (Å²) in [5.41, 5.74) is 3.05. The molecule has 1 fully saturated rings. The van der Waals surface area contributed by atoms with Crippen molar-refractivity contribution >= 4 is 15.9 Å². The number of benzene rings is 1. The third kappa shape index (κ3) is 1.74. The first-order chi connectivity index (χ1) is 7.34. The molecule has 1 atom stereocenters. The Balaban J connectivity index is 1.81. The number of nitrogens with one attached hydrogen (secondary N) is 1. The van der Waals surface area contributed by atoms with E-state index < -0.39 is 0 Å². The number of fused-ring (bicyclic) bond motifs is 1. The van der Waals surface area contributed by atoms with Crippen molar-refractivity contribution in [2.24, 2.45) is 0 Å². The van der Waals surface area contributed by atoms with E-state index in [9.17, 15) is 0 Å². The molecule has 80 valence electrons. The molecule has 2 heteroatoms. The molecule has 1 aromatic carbocycles. The van der Waals surface area contributed by atoms with Crippen molar-refractivity contribution < 1.29 is 0 Å². The third-order valence-electron chi connectivity index (χ3n) is 3.76. The summed E-state index contributed by atoms with van der Waals surface area (Å²) in [5.74, 6) is 0. The molecule has 0 spiro atoms. The van der Waals surface area contributed by atoms with Crippen LogP contribution >= 0.6 is 15.9 Å². The molecule has 1 aromatic rings. The molecule has 0 amide bonds. The van der Waals surface area contributed by atoms with Gasteiger partial charge in [-0.1, -0.05) is 34.5 Å². The summed E-state index contributed by atoms with van der Waals surface area (Å²) in [4.78, 5) is 0. The van der Waals surface area contributed by atoms with E-state index in [0.29, 0.717) is 6.04 Å². The van der Waals surface area contributed by atoms with Crippen LogP contribution in [0.5, 0.6) is 0 Å². The van der Waals surface area contributed by atoms with Crippen LogP contribution in [-0.4, -0.2) is 6.04 Å². The van der Waals surface area contributed by atoms with E-state index in [4.69, 9.17) is 0 Å². The zero-order valence-corrected chi connectivity index (χ0v) is 10.4. The van der Waals surface area contributed by atoms with Gasteiger partial charge in [0.2, 0.25) is 0 Å². The molecule has 1 N–H and O–H groups in total. The summed E-state index contributed by atoms with van der Waals surface area (Å²) in [6.07, 6.45) is 6.66. The minimum atomic E-state index is 0.614. The minimum Gasteiger partial charge on any atom is -0.307 e. The summed E-state index contributed by atoms with van der Waals surface area (Å²) in [6, 6.07) is 8.00. The van der Waals surface area contributed by atoms with Crippen LogP contribution in [0.3, 0.4) is 0 Å². The summed E-state index contributed by atoms with van der Waals surface area (Å²) >= 11 is 3.64. The number of hydrogen-bond donors (Lipinski definition) is 1. The van der Waals surface area contributed by atoms with Crippen molar-refractivity contribution in [3.63, 3.8) is 0 Å². The molecule has 1 unspecified atom stereocenters. The highest BCUT2D eigenvalue weighted by Gasteiger charge is 2.27. The zero-order valence-electron chi connectivity index (χ0n) is 8.80. The highest BCUT2D eigenvalue weighted by Crippen LogP contribution is 2.37. The van der Waals surface area contributed by atoms with Crippen LogP contribution in [0.15, 0.2) is 22.7 Å². The Bertz CT molecular complexity index is 371. The molecule has 1 saturated carbocycles. The van der Waals surface area contributed by atoms with Gasteiger partial charge in [0, 0.05) is 16.6 Å². The molecule has 0 radical (unpaired) electrons. The minimum absolute atomic E-state index is 0.614. The van der Waals surface area contributed by atoms with Gasteiger partial charge in [0.05, 0.1) is 0 Å². The molecule has 0 aliphatic heterocycles. The molecule has 2 aliphatic rings. The lowest BCUT2D eigenvalue weighted by molar-refractivity contribution is 0.304. The first-order valence-electron chi connectivity index (χ1n) is 5.88. The first kappa shape index (κ1) is 9.86. The summed E-state index contributed by atoms with van der Waals surface area (Å²) < 4.78 is 1.29. The van der Waals surface area contributed by atoms with E-state index in [2.05, 4.69) is 39.4 Å². The van der Waals surface area contributed by atoms with Crippen LogP contribution in [0.25, 0.3) is 0 Å². The van der Waals surface area contributed by atoms with Crippen molar-refractivity contribution in [3.05, 3.63) is 33.8 Å². The molecular weight excluding hydrogens is 250 g/mol. The normalized spacial score (nSPS) is 25.0. The van der Waals surface area contributed by atoms with Crippen LogP contribution in [0.2, 0.25) is 0 Å². The average Bonchev–Trinajstić information content (AvgIpc) is 2.56. The number of hydrogen-bond acceptors (Lipinski definition) is 1. The van der Waals surface area contributed by atoms with Gasteiger partial charge in [0.25, 0.3) is 0 Å². The SMILES string of the molecule is Brc1cccc2c1CCC2NC1CCC1. The van der Waals surface area contributed by atoms with Gasteiger partial charge in [-0.15, -0.1) is 0 Å². The van der Waals surface area contributed by atoms with Crippen LogP contribution in [0, 0.1) is 0 Å². The maximum absolute atomic E-state index is 3.78. The van der Waals surface area contributed by atoms with E-state index in [-0.39, 0.29) is 0 Å². The second-order valence-electron chi connectivity index (χ2n) is 4.69. The molecular formula is C13H16BrN. The van der Waals surface area contributed by atoms with Gasteiger partial charge >= 0.3 is 0 Å². The average molecular weight is 266 g/mol. The molecule has 2 aliphatic carbocycles. The van der Waals surface area contributed by atoms with Gasteiger partial charge in [-0.3, -0.25) is 0 Å². The first-order valence-corrected chi connectivity index (χ1v) is 6.67. The molecule has 0 bridgehead atoms. The van der Waals surface area contributed by atoms with Gasteiger partial charge in [-0.25, -0.2) is 0 Å². The lowest BCUT2D eigenvalue weighted by Gasteiger charge is -2.30. The fourth-order valence-electron chi connectivity index (χ4n) is 2.64. The fourth-order valence-corrected chi connectivity index (χ4v) is 3.22. The smallest absolute Gasteiger partial charge is 0.0328 e. The van der Waals surface area contributed by atoms with Crippen LogP contribution < -0.4 is 5.32 Å². The molecule has 15 heavy (non-hydrogen) atoms. The van der Waals surface area contributed by atoms with Crippen molar-refractivity contribution in [2.75, 3.05) is 0 Å². The van der Waals surface area contributed by atoms with Crippen LogP contribution in [-0.2, 0) is 6.42 Å². The lowest BCUT2D eigenvalue weighted by Crippen LogP contribution is -2.37. The highest BCUT2D eigenvalue weighted by molar-refractivity contribution is 9.10. The quantitative estimate of drug-likeness (QED) is 0.862. The van der Waals surface area contributed by atoms with Crippen LogP contribution in [0.4, 0.5) is 0 Å². The topological polar surface area (TPSA) is 12.0 Å². The van der Waals surface area contributed by atoms with E-state index in [1.165, 1.54) is 47.7 Å². The molecule has 1 nitrogen and oxygen atoms in total. The molecule has 0 aromatic heterocycles. The molecule has 0 heterocycles. The van der Waals surface area contributed by atoms with Gasteiger partial charge in [0.1, 0.15) is 0 Å². The second-order valence-corrected chi connectivity index (χ2v) is 5.55. The predicted molar refractivity (Wildman–Crippen MR) is 66.0 cm³/mol. The van der Waals surface area contributed by atoms with Gasteiger partial charge in [-0.2, -0.15) is 0 Å².